The van der Waals surface area contributed by atoms with Crippen molar-refractivity contribution in [1.29, 1.82) is 0 Å². The molecule has 0 aliphatic rings. The molecule has 144 valence electrons. The number of halogens is 2. The maximum atomic E-state index is 14.3. The summed E-state index contributed by atoms with van der Waals surface area (Å²) in [4.78, 5) is 22.0. The van der Waals surface area contributed by atoms with Gasteiger partial charge in [-0.05, 0) is 31.3 Å². The van der Waals surface area contributed by atoms with Crippen molar-refractivity contribution in [1.82, 2.24) is 14.9 Å². The average Bonchev–Trinajstić information content (AvgIpc) is 3.11. The lowest BCUT2D eigenvalue weighted by Gasteiger charge is -2.13. The fourth-order valence-electron chi connectivity index (χ4n) is 2.87. The first-order chi connectivity index (χ1) is 13.5. The number of carbonyl (C=O) groups is 1. The quantitative estimate of drug-likeness (QED) is 0.403. The third kappa shape index (κ3) is 3.73. The van der Waals surface area contributed by atoms with Gasteiger partial charge in [-0.15, -0.1) is 0 Å². The number of pyridine rings is 1. The standard InChI is InChI=1S/C21H20F2N4O/c1-3-27(4-2)9-5-6-13-10-14-15(12-26-21(14)25-11-13)20(28)18-16(22)7-8-17(24)19(18)23/h7-8,10-12H,3-4,9,24H2,1-2H3,(H,25,26). The number of carbonyl (C=O) groups excluding carboxylic acids is 1. The van der Waals surface area contributed by atoms with Crippen LogP contribution in [0.3, 0.4) is 0 Å². The van der Waals surface area contributed by atoms with E-state index >= 15 is 0 Å². The fraction of sp³-hybridized carbons (Fsp3) is 0.238. The number of nitrogen functional groups attached to an aromatic ring is 1. The van der Waals surface area contributed by atoms with Gasteiger partial charge < -0.3 is 10.7 Å². The molecule has 0 aliphatic carbocycles. The first-order valence-electron chi connectivity index (χ1n) is 8.92. The summed E-state index contributed by atoms with van der Waals surface area (Å²) in [6.45, 7) is 6.53. The van der Waals surface area contributed by atoms with Crippen molar-refractivity contribution in [2.24, 2.45) is 0 Å². The minimum atomic E-state index is -1.07. The van der Waals surface area contributed by atoms with Crippen LogP contribution in [-0.4, -0.2) is 40.3 Å². The van der Waals surface area contributed by atoms with Gasteiger partial charge in [0.05, 0.1) is 17.8 Å². The summed E-state index contributed by atoms with van der Waals surface area (Å²) in [5.74, 6) is 3.25. The number of nitrogens with one attached hydrogen (secondary N) is 1. The molecule has 0 atom stereocenters. The lowest BCUT2D eigenvalue weighted by molar-refractivity contribution is 0.103. The molecule has 5 nitrogen and oxygen atoms in total. The highest BCUT2D eigenvalue weighted by atomic mass is 19.1. The molecule has 0 amide bonds. The van der Waals surface area contributed by atoms with E-state index in [4.69, 9.17) is 5.73 Å². The normalized spacial score (nSPS) is 10.9. The summed E-state index contributed by atoms with van der Waals surface area (Å²) in [5.41, 5.74) is 5.67. The molecule has 0 bridgehead atoms. The summed E-state index contributed by atoms with van der Waals surface area (Å²) in [6.07, 6.45) is 2.97. The Kier molecular flexibility index (Phi) is 5.71. The van der Waals surface area contributed by atoms with Gasteiger partial charge in [0.1, 0.15) is 11.5 Å². The number of nitrogens with zero attached hydrogens (tertiary/aromatic N) is 2. The Morgan fingerprint density at radius 1 is 1.29 bits per heavy atom. The number of anilines is 1. The first-order valence-corrected chi connectivity index (χ1v) is 8.92. The van der Waals surface area contributed by atoms with Crippen LogP contribution in [0, 0.1) is 23.5 Å². The second-order valence-corrected chi connectivity index (χ2v) is 6.24. The number of nitrogens with two attached hydrogens (primary N) is 1. The first kappa shape index (κ1) is 19.5. The minimum absolute atomic E-state index is 0.110. The summed E-state index contributed by atoms with van der Waals surface area (Å²) < 4.78 is 28.3. The minimum Gasteiger partial charge on any atom is -0.396 e. The Balaban J connectivity index is 1.99. The summed E-state index contributed by atoms with van der Waals surface area (Å²) in [5, 5.41) is 0.445. The smallest absolute Gasteiger partial charge is 0.201 e. The number of aromatic nitrogens is 2. The third-order valence-electron chi connectivity index (χ3n) is 4.55. The van der Waals surface area contributed by atoms with E-state index in [0.717, 1.165) is 25.2 Å². The Hall–Kier alpha value is -3.24. The molecule has 0 radical (unpaired) electrons. The number of H-pyrrole nitrogens is 1. The van der Waals surface area contributed by atoms with Gasteiger partial charge in [0, 0.05) is 28.9 Å². The number of aromatic amines is 1. The number of rotatable bonds is 5. The van der Waals surface area contributed by atoms with Gasteiger partial charge in [-0.3, -0.25) is 9.69 Å². The van der Waals surface area contributed by atoms with E-state index in [1.807, 2.05) is 0 Å². The van der Waals surface area contributed by atoms with E-state index in [0.29, 0.717) is 23.1 Å². The number of hydrogen-bond donors (Lipinski definition) is 2. The zero-order valence-electron chi connectivity index (χ0n) is 15.6. The SMILES string of the molecule is CCN(CC)CC#Cc1cnc2[nH]cc(C(=O)c3c(F)ccc(N)c3F)c2c1. The largest absolute Gasteiger partial charge is 0.396 e. The predicted molar refractivity (Wildman–Crippen MR) is 105 cm³/mol. The van der Waals surface area contributed by atoms with Crippen molar-refractivity contribution in [3.05, 3.63) is 58.9 Å². The van der Waals surface area contributed by atoms with Crippen LogP contribution < -0.4 is 5.73 Å². The van der Waals surface area contributed by atoms with E-state index < -0.39 is 23.0 Å². The number of fused-ring (bicyclic) bond motifs is 1. The van der Waals surface area contributed by atoms with E-state index in [1.165, 1.54) is 6.20 Å². The van der Waals surface area contributed by atoms with E-state index in [2.05, 4.69) is 40.6 Å². The summed E-state index contributed by atoms with van der Waals surface area (Å²) in [6, 6.07) is 3.74. The highest BCUT2D eigenvalue weighted by molar-refractivity contribution is 6.16. The van der Waals surface area contributed by atoms with Gasteiger partial charge in [-0.25, -0.2) is 13.8 Å². The molecular formula is C21H20F2N4O. The number of ketones is 1. The van der Waals surface area contributed by atoms with Crippen LogP contribution in [0.5, 0.6) is 0 Å². The van der Waals surface area contributed by atoms with Gasteiger partial charge in [0.25, 0.3) is 0 Å². The van der Waals surface area contributed by atoms with E-state index in [9.17, 15) is 13.6 Å². The molecule has 2 heterocycles. The molecule has 0 fully saturated rings. The molecule has 2 aromatic heterocycles. The molecule has 1 aromatic carbocycles. The maximum absolute atomic E-state index is 14.3. The van der Waals surface area contributed by atoms with Crippen LogP contribution in [0.25, 0.3) is 11.0 Å². The fourth-order valence-corrected chi connectivity index (χ4v) is 2.87. The summed E-state index contributed by atoms with van der Waals surface area (Å²) >= 11 is 0. The van der Waals surface area contributed by atoms with Gasteiger partial charge in [-0.1, -0.05) is 25.7 Å². The lowest BCUT2D eigenvalue weighted by atomic mass is 10.0. The predicted octanol–water partition coefficient (Wildman–Crippen LogP) is 3.35. The molecule has 3 N–H and O–H groups in total. The molecular weight excluding hydrogens is 362 g/mol. The molecule has 7 heteroatoms. The second kappa shape index (κ2) is 8.19. The van der Waals surface area contributed by atoms with Crippen molar-refractivity contribution in [2.45, 2.75) is 13.8 Å². The van der Waals surface area contributed by atoms with Crippen molar-refractivity contribution < 1.29 is 13.6 Å². The van der Waals surface area contributed by atoms with Crippen molar-refractivity contribution in [3.63, 3.8) is 0 Å². The number of benzene rings is 1. The van der Waals surface area contributed by atoms with Crippen molar-refractivity contribution in [3.8, 4) is 11.8 Å². The molecule has 0 unspecified atom stereocenters. The molecule has 3 rings (SSSR count). The highest BCUT2D eigenvalue weighted by Crippen LogP contribution is 2.25. The second-order valence-electron chi connectivity index (χ2n) is 6.24. The van der Waals surface area contributed by atoms with Crippen LogP contribution in [0.1, 0.15) is 35.3 Å². The van der Waals surface area contributed by atoms with Crippen LogP contribution in [-0.2, 0) is 0 Å². The van der Waals surface area contributed by atoms with Gasteiger partial charge in [-0.2, -0.15) is 0 Å². The van der Waals surface area contributed by atoms with E-state index in [1.54, 1.807) is 12.3 Å². The van der Waals surface area contributed by atoms with Crippen LogP contribution >= 0.6 is 0 Å². The molecule has 0 saturated carbocycles. The van der Waals surface area contributed by atoms with Crippen molar-refractivity contribution in [2.75, 3.05) is 25.4 Å². The molecule has 0 saturated heterocycles. The zero-order valence-corrected chi connectivity index (χ0v) is 15.6. The van der Waals surface area contributed by atoms with Crippen LogP contribution in [0.4, 0.5) is 14.5 Å². The topological polar surface area (TPSA) is 75.0 Å². The zero-order chi connectivity index (χ0) is 20.3. The molecule has 28 heavy (non-hydrogen) atoms. The Morgan fingerprint density at radius 2 is 2.04 bits per heavy atom. The van der Waals surface area contributed by atoms with Gasteiger partial charge in [0.2, 0.25) is 5.78 Å². The van der Waals surface area contributed by atoms with Crippen LogP contribution in [0.15, 0.2) is 30.6 Å². The molecule has 3 aromatic rings. The van der Waals surface area contributed by atoms with Crippen molar-refractivity contribution >= 4 is 22.5 Å². The third-order valence-corrected chi connectivity index (χ3v) is 4.55. The van der Waals surface area contributed by atoms with Crippen LogP contribution in [0.2, 0.25) is 0 Å². The maximum Gasteiger partial charge on any atom is 0.201 e. The lowest BCUT2D eigenvalue weighted by Crippen LogP contribution is -2.22. The monoisotopic (exact) mass is 382 g/mol. The Bertz CT molecular complexity index is 1090. The Morgan fingerprint density at radius 3 is 2.75 bits per heavy atom. The highest BCUT2D eigenvalue weighted by Gasteiger charge is 2.23. The average molecular weight is 382 g/mol. The van der Waals surface area contributed by atoms with E-state index in [-0.39, 0.29) is 11.3 Å². The number of hydrogen-bond acceptors (Lipinski definition) is 4. The Labute approximate surface area is 161 Å². The molecule has 0 aliphatic heterocycles. The van der Waals surface area contributed by atoms with Gasteiger partial charge >= 0.3 is 0 Å². The van der Waals surface area contributed by atoms with Gasteiger partial charge in [0.15, 0.2) is 5.82 Å². The summed E-state index contributed by atoms with van der Waals surface area (Å²) in [7, 11) is 0. The molecule has 0 spiro atoms.